The number of hydrogen-bond acceptors (Lipinski definition) is 4. The Morgan fingerprint density at radius 3 is 2.67 bits per heavy atom. The molecule has 0 radical (unpaired) electrons. The molecule has 0 bridgehead atoms. The lowest BCUT2D eigenvalue weighted by Gasteiger charge is -2.20. The van der Waals surface area contributed by atoms with Gasteiger partial charge < -0.3 is 19.7 Å². The van der Waals surface area contributed by atoms with Gasteiger partial charge in [0.05, 0.1) is 11.6 Å². The molecule has 158 valence electrons. The van der Waals surface area contributed by atoms with Crippen molar-refractivity contribution in [2.45, 2.75) is 13.5 Å². The fraction of sp³-hybridized carbons (Fsp3) is 0.273. The molecule has 0 aliphatic carbocycles. The molecule has 2 aromatic rings. The molecule has 1 aliphatic heterocycles. The minimum Gasteiger partial charge on any atom is -0.486 e. The Kier molecular flexibility index (Phi) is 7.30. The van der Waals surface area contributed by atoms with E-state index in [1.165, 1.54) is 23.1 Å². The predicted octanol–water partition coefficient (Wildman–Crippen LogP) is 3.43. The van der Waals surface area contributed by atoms with E-state index < -0.39 is 0 Å². The van der Waals surface area contributed by atoms with Crippen molar-refractivity contribution in [3.63, 3.8) is 0 Å². The largest absolute Gasteiger partial charge is 0.486 e. The number of rotatable bonds is 7. The van der Waals surface area contributed by atoms with Gasteiger partial charge in [-0.2, -0.15) is 0 Å². The van der Waals surface area contributed by atoms with E-state index in [0.717, 1.165) is 5.56 Å². The average molecular weight is 433 g/mol. The van der Waals surface area contributed by atoms with Crippen LogP contribution in [-0.2, 0) is 16.1 Å². The molecular weight excluding hydrogens is 411 g/mol. The van der Waals surface area contributed by atoms with Crippen LogP contribution in [0, 0.1) is 5.82 Å². The molecule has 8 heteroatoms. The molecule has 0 atom stereocenters. The Hall–Kier alpha value is -3.06. The Bertz CT molecular complexity index is 947. The number of halogens is 2. The summed E-state index contributed by atoms with van der Waals surface area (Å²) in [5.41, 5.74) is 1.46. The molecule has 0 saturated carbocycles. The molecule has 2 amide bonds. The van der Waals surface area contributed by atoms with Crippen LogP contribution in [0.3, 0.4) is 0 Å². The lowest BCUT2D eigenvalue weighted by molar-refractivity contribution is -0.132. The van der Waals surface area contributed by atoms with Crippen molar-refractivity contribution >= 4 is 29.5 Å². The van der Waals surface area contributed by atoms with Crippen LogP contribution >= 0.6 is 11.6 Å². The molecule has 0 fully saturated rings. The van der Waals surface area contributed by atoms with Crippen LogP contribution in [0.5, 0.6) is 11.5 Å². The highest BCUT2D eigenvalue weighted by Crippen LogP contribution is 2.38. The summed E-state index contributed by atoms with van der Waals surface area (Å²) in [4.78, 5) is 26.1. The molecular formula is C22H22ClFN2O4. The van der Waals surface area contributed by atoms with Gasteiger partial charge in [-0.15, -0.1) is 0 Å². The van der Waals surface area contributed by atoms with Gasteiger partial charge in [-0.3, -0.25) is 9.59 Å². The SMILES string of the molecule is CCN(CC(=O)NCc1ccc(F)cc1)C(=O)C=Cc1cc(Cl)c2c(c1)OCCO2. The molecule has 30 heavy (non-hydrogen) atoms. The predicted molar refractivity (Wildman–Crippen MR) is 112 cm³/mol. The second-order valence-corrected chi connectivity index (χ2v) is 7.02. The summed E-state index contributed by atoms with van der Waals surface area (Å²) in [5.74, 6) is 0.0948. The second-order valence-electron chi connectivity index (χ2n) is 6.62. The second kappa shape index (κ2) is 10.1. The van der Waals surface area contributed by atoms with Gasteiger partial charge >= 0.3 is 0 Å². The van der Waals surface area contributed by atoms with Crippen molar-refractivity contribution in [2.24, 2.45) is 0 Å². The summed E-state index contributed by atoms with van der Waals surface area (Å²) in [5, 5.41) is 3.14. The first kappa shape index (κ1) is 21.6. The zero-order valence-electron chi connectivity index (χ0n) is 16.5. The van der Waals surface area contributed by atoms with Gasteiger partial charge in [-0.05, 0) is 48.4 Å². The highest BCUT2D eigenvalue weighted by Gasteiger charge is 2.17. The fourth-order valence-corrected chi connectivity index (χ4v) is 3.15. The van der Waals surface area contributed by atoms with E-state index in [1.54, 1.807) is 37.3 Å². The van der Waals surface area contributed by atoms with Gasteiger partial charge in [-0.25, -0.2) is 4.39 Å². The van der Waals surface area contributed by atoms with E-state index in [1.807, 2.05) is 0 Å². The van der Waals surface area contributed by atoms with Crippen LogP contribution < -0.4 is 14.8 Å². The highest BCUT2D eigenvalue weighted by atomic mass is 35.5. The Labute approximate surface area is 179 Å². The van der Waals surface area contributed by atoms with E-state index in [2.05, 4.69) is 5.32 Å². The number of likely N-dealkylation sites (N-methyl/N-ethyl adjacent to an activating group) is 1. The monoisotopic (exact) mass is 432 g/mol. The van der Waals surface area contributed by atoms with Crippen molar-refractivity contribution in [2.75, 3.05) is 26.3 Å². The van der Waals surface area contributed by atoms with Gasteiger partial charge in [0.2, 0.25) is 11.8 Å². The molecule has 0 unspecified atom stereocenters. The highest BCUT2D eigenvalue weighted by molar-refractivity contribution is 6.32. The maximum Gasteiger partial charge on any atom is 0.247 e. The third-order valence-corrected chi connectivity index (χ3v) is 4.75. The maximum absolute atomic E-state index is 12.9. The van der Waals surface area contributed by atoms with Crippen LogP contribution in [-0.4, -0.2) is 43.0 Å². The van der Waals surface area contributed by atoms with E-state index in [4.69, 9.17) is 21.1 Å². The quantitative estimate of drug-likeness (QED) is 0.681. The summed E-state index contributed by atoms with van der Waals surface area (Å²) in [6.07, 6.45) is 3.00. The van der Waals surface area contributed by atoms with Gasteiger partial charge in [0.25, 0.3) is 0 Å². The summed E-state index contributed by atoms with van der Waals surface area (Å²) in [7, 11) is 0. The number of hydrogen-bond donors (Lipinski definition) is 1. The van der Waals surface area contributed by atoms with Crippen LogP contribution in [0.1, 0.15) is 18.1 Å². The van der Waals surface area contributed by atoms with Crippen LogP contribution in [0.2, 0.25) is 5.02 Å². The number of carbonyl (C=O) groups is 2. The summed E-state index contributed by atoms with van der Waals surface area (Å²) in [6, 6.07) is 9.29. The number of nitrogens with one attached hydrogen (secondary N) is 1. The standard InChI is InChI=1S/C22H22ClFN2O4/c1-2-26(14-20(27)25-13-15-3-6-17(24)7-4-15)21(28)8-5-16-11-18(23)22-19(12-16)29-9-10-30-22/h3-8,11-12H,2,9-10,13-14H2,1H3,(H,25,27). The molecule has 0 saturated heterocycles. The van der Waals surface area contributed by atoms with Gasteiger partial charge in [-0.1, -0.05) is 23.7 Å². The zero-order valence-corrected chi connectivity index (χ0v) is 17.2. The van der Waals surface area contributed by atoms with E-state index >= 15 is 0 Å². The molecule has 6 nitrogen and oxygen atoms in total. The van der Waals surface area contributed by atoms with Crippen molar-refractivity contribution in [1.29, 1.82) is 0 Å². The Morgan fingerprint density at radius 1 is 1.20 bits per heavy atom. The van der Waals surface area contributed by atoms with E-state index in [-0.39, 0.29) is 30.7 Å². The minimum absolute atomic E-state index is 0.0806. The Balaban J connectivity index is 1.57. The smallest absolute Gasteiger partial charge is 0.247 e. The van der Waals surface area contributed by atoms with Crippen LogP contribution in [0.15, 0.2) is 42.5 Å². The fourth-order valence-electron chi connectivity index (χ4n) is 2.88. The molecule has 1 aliphatic rings. The molecule has 0 spiro atoms. The lowest BCUT2D eigenvalue weighted by atomic mass is 10.1. The van der Waals surface area contributed by atoms with Crippen LogP contribution in [0.25, 0.3) is 6.08 Å². The Morgan fingerprint density at radius 2 is 1.93 bits per heavy atom. The number of ether oxygens (including phenoxy) is 2. The first-order valence-electron chi connectivity index (χ1n) is 9.53. The normalized spacial score (nSPS) is 12.6. The minimum atomic E-state index is -0.334. The molecule has 0 aromatic heterocycles. The van der Waals surface area contributed by atoms with Crippen molar-refractivity contribution < 1.29 is 23.5 Å². The number of amides is 2. The van der Waals surface area contributed by atoms with E-state index in [0.29, 0.717) is 41.8 Å². The van der Waals surface area contributed by atoms with E-state index in [9.17, 15) is 14.0 Å². The van der Waals surface area contributed by atoms with Gasteiger partial charge in [0, 0.05) is 19.2 Å². The average Bonchev–Trinajstić information content (AvgIpc) is 2.75. The third kappa shape index (κ3) is 5.73. The first-order valence-corrected chi connectivity index (χ1v) is 9.91. The molecule has 1 heterocycles. The van der Waals surface area contributed by atoms with Gasteiger partial charge in [0.15, 0.2) is 11.5 Å². The zero-order chi connectivity index (χ0) is 21.5. The first-order chi connectivity index (χ1) is 14.5. The summed E-state index contributed by atoms with van der Waals surface area (Å²) >= 11 is 6.21. The number of nitrogens with zero attached hydrogens (tertiary/aromatic N) is 1. The summed E-state index contributed by atoms with van der Waals surface area (Å²) < 4.78 is 23.9. The van der Waals surface area contributed by atoms with Crippen molar-refractivity contribution in [1.82, 2.24) is 10.2 Å². The maximum atomic E-state index is 12.9. The number of benzene rings is 2. The number of fused-ring (bicyclic) bond motifs is 1. The number of carbonyl (C=O) groups excluding carboxylic acids is 2. The van der Waals surface area contributed by atoms with Crippen LogP contribution in [0.4, 0.5) is 4.39 Å². The molecule has 1 N–H and O–H groups in total. The van der Waals surface area contributed by atoms with Crippen molar-refractivity contribution in [3.05, 3.63) is 64.4 Å². The summed E-state index contributed by atoms with van der Waals surface area (Å²) in [6.45, 7) is 3.22. The lowest BCUT2D eigenvalue weighted by Crippen LogP contribution is -2.39. The topological polar surface area (TPSA) is 67.9 Å². The van der Waals surface area contributed by atoms with Crippen molar-refractivity contribution in [3.8, 4) is 11.5 Å². The van der Waals surface area contributed by atoms with Gasteiger partial charge in [0.1, 0.15) is 19.0 Å². The molecule has 3 rings (SSSR count). The third-order valence-electron chi connectivity index (χ3n) is 4.47. The molecule has 2 aromatic carbocycles.